The van der Waals surface area contributed by atoms with Gasteiger partial charge in [0, 0.05) is 36.4 Å². The van der Waals surface area contributed by atoms with E-state index >= 15 is 0 Å². The maximum atomic E-state index is 12.7. The first-order valence-corrected chi connectivity index (χ1v) is 11.4. The van der Waals surface area contributed by atoms with Crippen molar-refractivity contribution in [3.63, 3.8) is 0 Å². The van der Waals surface area contributed by atoms with Gasteiger partial charge >= 0.3 is 0 Å². The number of rotatable bonds is 5. The van der Waals surface area contributed by atoms with E-state index in [9.17, 15) is 4.21 Å². The third-order valence-corrected chi connectivity index (χ3v) is 7.49. The van der Waals surface area contributed by atoms with Crippen LogP contribution in [0.15, 0.2) is 41.2 Å². The molecule has 4 rings (SSSR count). The Hall–Kier alpha value is -2.45. The van der Waals surface area contributed by atoms with Gasteiger partial charge in [0.15, 0.2) is 0 Å². The molecule has 1 fully saturated rings. The van der Waals surface area contributed by atoms with Crippen molar-refractivity contribution < 1.29 is 4.21 Å². The highest BCUT2D eigenvalue weighted by Crippen LogP contribution is 2.33. The first-order valence-electron chi connectivity index (χ1n) is 9.52. The van der Waals surface area contributed by atoms with Gasteiger partial charge in [-0.15, -0.1) is 0 Å². The summed E-state index contributed by atoms with van der Waals surface area (Å²) in [5.74, 6) is 1.90. The molecule has 1 aliphatic heterocycles. The zero-order valence-corrected chi connectivity index (χ0v) is 17.2. The Bertz CT molecular complexity index is 1100. The Kier molecular flexibility index (Phi) is 5.07. The number of hydrogen-bond donors (Lipinski definition) is 1. The number of benzene rings is 1. The highest BCUT2D eigenvalue weighted by atomic mass is 32.2. The summed E-state index contributed by atoms with van der Waals surface area (Å²) in [4.78, 5) is 10.8. The lowest BCUT2D eigenvalue weighted by Crippen LogP contribution is -2.18. The second kappa shape index (κ2) is 7.52. The topological polar surface area (TPSA) is 89.4 Å². The van der Waals surface area contributed by atoms with Crippen LogP contribution in [-0.4, -0.2) is 55.8 Å². The zero-order valence-electron chi connectivity index (χ0n) is 16.3. The fourth-order valence-corrected chi connectivity index (χ4v) is 5.79. The molecular weight excluding hydrogens is 372 g/mol. The van der Waals surface area contributed by atoms with Crippen LogP contribution in [0.25, 0.3) is 22.2 Å². The smallest absolute Gasteiger partial charge is 0.146 e. The van der Waals surface area contributed by atoms with E-state index < -0.39 is 9.73 Å². The van der Waals surface area contributed by atoms with Crippen molar-refractivity contribution in [3.8, 4) is 11.1 Å². The van der Waals surface area contributed by atoms with E-state index in [1.165, 1.54) is 6.33 Å². The first-order chi connectivity index (χ1) is 13.5. The summed E-state index contributed by atoms with van der Waals surface area (Å²) in [6.45, 7) is 1.72. The number of nitrogens with two attached hydrogens (primary N) is 1. The number of nitrogens with zero attached hydrogens (tertiary/aromatic N) is 5. The average molecular weight is 399 g/mol. The van der Waals surface area contributed by atoms with Gasteiger partial charge < -0.3 is 15.2 Å². The molecule has 1 aromatic carbocycles. The summed E-state index contributed by atoms with van der Waals surface area (Å²) in [6.07, 6.45) is 5.61. The van der Waals surface area contributed by atoms with Gasteiger partial charge in [0.2, 0.25) is 0 Å². The van der Waals surface area contributed by atoms with Crippen LogP contribution < -0.4 is 5.73 Å². The largest absolute Gasteiger partial charge is 0.383 e. The van der Waals surface area contributed by atoms with Gasteiger partial charge in [-0.25, -0.2) is 14.2 Å². The van der Waals surface area contributed by atoms with Crippen molar-refractivity contribution in [1.82, 2.24) is 19.4 Å². The quantitative estimate of drug-likeness (QED) is 0.713. The van der Waals surface area contributed by atoms with Crippen LogP contribution in [0.2, 0.25) is 0 Å². The molecule has 0 bridgehead atoms. The van der Waals surface area contributed by atoms with Crippen molar-refractivity contribution in [2.45, 2.75) is 19.4 Å². The summed E-state index contributed by atoms with van der Waals surface area (Å²) in [5.41, 5.74) is 9.83. The molecular formula is C20H26N6OS. The van der Waals surface area contributed by atoms with Gasteiger partial charge in [-0.3, -0.25) is 0 Å². The molecule has 28 heavy (non-hydrogen) atoms. The van der Waals surface area contributed by atoms with E-state index in [2.05, 4.69) is 30.0 Å². The normalized spacial score (nSPS) is 16.1. The molecule has 0 aliphatic carbocycles. The Labute approximate surface area is 165 Å². The second-order valence-electron chi connectivity index (χ2n) is 7.52. The van der Waals surface area contributed by atoms with Gasteiger partial charge in [-0.1, -0.05) is 12.1 Å². The van der Waals surface area contributed by atoms with Gasteiger partial charge in [0.05, 0.1) is 20.8 Å². The molecule has 0 spiro atoms. The lowest BCUT2D eigenvalue weighted by molar-refractivity contribution is 0.386. The van der Waals surface area contributed by atoms with E-state index in [1.54, 1.807) is 0 Å². The van der Waals surface area contributed by atoms with E-state index in [0.29, 0.717) is 17.3 Å². The van der Waals surface area contributed by atoms with Crippen LogP contribution in [0.4, 0.5) is 11.5 Å². The summed E-state index contributed by atoms with van der Waals surface area (Å²) in [6, 6.07) is 7.88. The molecule has 0 saturated carbocycles. The number of nitrogen functional groups attached to an aromatic ring is 1. The van der Waals surface area contributed by atoms with Gasteiger partial charge in [0.1, 0.15) is 17.8 Å². The number of likely N-dealkylation sites (N-methyl/N-ethyl adjacent to an activating group) is 1. The molecule has 7 nitrogen and oxygen atoms in total. The SMILES string of the molecule is CN(C)CCn1cc(-c2ccc(N=S3(=O)CCCC3)cc2)c2c(N)ncnc21. The predicted octanol–water partition coefficient (Wildman–Crippen LogP) is 3.14. The van der Waals surface area contributed by atoms with E-state index in [0.717, 1.165) is 53.8 Å². The Morgan fingerprint density at radius 1 is 1.18 bits per heavy atom. The van der Waals surface area contributed by atoms with Crippen molar-refractivity contribution in [2.75, 3.05) is 37.9 Å². The van der Waals surface area contributed by atoms with Crippen molar-refractivity contribution in [1.29, 1.82) is 0 Å². The van der Waals surface area contributed by atoms with Gasteiger partial charge in [-0.2, -0.15) is 4.36 Å². The molecule has 3 aromatic rings. The number of anilines is 1. The third kappa shape index (κ3) is 3.74. The van der Waals surface area contributed by atoms with E-state index in [-0.39, 0.29) is 0 Å². The Balaban J connectivity index is 1.73. The summed E-state index contributed by atoms with van der Waals surface area (Å²) in [7, 11) is 2.04. The van der Waals surface area contributed by atoms with Crippen molar-refractivity contribution in [2.24, 2.45) is 4.36 Å². The van der Waals surface area contributed by atoms with Crippen LogP contribution in [0, 0.1) is 0 Å². The van der Waals surface area contributed by atoms with Crippen LogP contribution in [0.5, 0.6) is 0 Å². The van der Waals surface area contributed by atoms with E-state index in [1.807, 2.05) is 38.4 Å². The van der Waals surface area contributed by atoms with Crippen molar-refractivity contribution in [3.05, 3.63) is 36.8 Å². The molecule has 1 saturated heterocycles. The molecule has 1 aliphatic rings. The maximum absolute atomic E-state index is 12.7. The summed E-state index contributed by atoms with van der Waals surface area (Å²) in [5, 5.41) is 0.868. The van der Waals surface area contributed by atoms with Gasteiger partial charge in [-0.05, 0) is 44.6 Å². The molecule has 8 heteroatoms. The second-order valence-corrected chi connectivity index (χ2v) is 10.1. The molecule has 2 N–H and O–H groups in total. The van der Waals surface area contributed by atoms with Crippen LogP contribution >= 0.6 is 0 Å². The summed E-state index contributed by atoms with van der Waals surface area (Å²) < 4.78 is 19.3. The fourth-order valence-electron chi connectivity index (χ4n) is 3.59. The molecule has 2 aromatic heterocycles. The number of aromatic nitrogens is 3. The minimum Gasteiger partial charge on any atom is -0.383 e. The van der Waals surface area contributed by atoms with Crippen LogP contribution in [0.3, 0.4) is 0 Å². The van der Waals surface area contributed by atoms with Crippen LogP contribution in [-0.2, 0) is 16.3 Å². The minimum atomic E-state index is -2.06. The zero-order chi connectivity index (χ0) is 19.7. The fraction of sp³-hybridized carbons (Fsp3) is 0.400. The molecule has 0 amide bonds. The average Bonchev–Trinajstić information content (AvgIpc) is 3.25. The number of hydrogen-bond acceptors (Lipinski definition) is 6. The molecule has 0 atom stereocenters. The Morgan fingerprint density at radius 3 is 2.57 bits per heavy atom. The number of fused-ring (bicyclic) bond motifs is 1. The molecule has 0 radical (unpaired) electrons. The monoisotopic (exact) mass is 398 g/mol. The highest BCUT2D eigenvalue weighted by Gasteiger charge is 2.17. The molecule has 3 heterocycles. The van der Waals surface area contributed by atoms with E-state index in [4.69, 9.17) is 5.73 Å². The molecule has 0 unspecified atom stereocenters. The lowest BCUT2D eigenvalue weighted by Gasteiger charge is -2.10. The van der Waals surface area contributed by atoms with Crippen molar-refractivity contribution >= 4 is 32.3 Å². The predicted molar refractivity (Wildman–Crippen MR) is 115 cm³/mol. The first kappa shape index (κ1) is 18.9. The highest BCUT2D eigenvalue weighted by molar-refractivity contribution is 7.93. The maximum Gasteiger partial charge on any atom is 0.146 e. The minimum absolute atomic E-state index is 0.478. The summed E-state index contributed by atoms with van der Waals surface area (Å²) >= 11 is 0. The lowest BCUT2D eigenvalue weighted by atomic mass is 10.1. The third-order valence-electron chi connectivity index (χ3n) is 5.10. The standard InChI is InChI=1S/C20H26N6OS/c1-25(2)9-10-26-13-17(18-19(21)22-14-23-20(18)26)15-5-7-16(8-6-15)24-28(27)11-3-4-12-28/h5-8,13-14H,3-4,9-12H2,1-2H3,(H2,21,22,23). The Morgan fingerprint density at radius 2 is 1.89 bits per heavy atom. The van der Waals surface area contributed by atoms with Gasteiger partial charge in [0.25, 0.3) is 0 Å². The molecule has 148 valence electrons. The van der Waals surface area contributed by atoms with Crippen LogP contribution in [0.1, 0.15) is 12.8 Å².